The van der Waals surface area contributed by atoms with E-state index in [9.17, 15) is 15.0 Å². The third kappa shape index (κ3) is 65.4. The number of amides is 1. The Morgan fingerprint density at radius 1 is 0.308 bits per heavy atom. The predicted molar refractivity (Wildman–Crippen MR) is 350 cm³/mol. The minimum absolute atomic E-state index is 0.0544. The summed E-state index contributed by atoms with van der Waals surface area (Å²) < 4.78 is 0. The Balaban J connectivity index is 3.39. The molecule has 0 spiro atoms. The van der Waals surface area contributed by atoms with E-state index in [0.717, 1.165) is 32.1 Å². The van der Waals surface area contributed by atoms with Crippen molar-refractivity contribution in [1.29, 1.82) is 0 Å². The number of unbranched alkanes of at least 4 members (excludes halogenated alkanes) is 57. The number of aliphatic hydroxyl groups excluding tert-OH is 2. The average molecular weight is 1090 g/mol. The minimum Gasteiger partial charge on any atom is -0.394 e. The zero-order chi connectivity index (χ0) is 56.2. The lowest BCUT2D eigenvalue weighted by Crippen LogP contribution is -2.45. The Morgan fingerprint density at radius 3 is 0.769 bits per heavy atom. The maximum atomic E-state index is 12.5. The van der Waals surface area contributed by atoms with Crippen LogP contribution in [-0.2, 0) is 4.79 Å². The smallest absolute Gasteiger partial charge is 0.220 e. The predicted octanol–water partition coefficient (Wildman–Crippen LogP) is 24.7. The van der Waals surface area contributed by atoms with Gasteiger partial charge < -0.3 is 15.5 Å². The molecule has 0 aromatic heterocycles. The molecule has 0 aliphatic heterocycles. The van der Waals surface area contributed by atoms with Crippen LogP contribution in [0.15, 0.2) is 36.5 Å². The molecule has 0 saturated carbocycles. The molecule has 0 fully saturated rings. The quantitative estimate of drug-likeness (QED) is 0.0420. The molecule has 0 aromatic rings. The lowest BCUT2D eigenvalue weighted by atomic mass is 10.0. The molecule has 78 heavy (non-hydrogen) atoms. The standard InChI is InChI=1S/C74H143NO3/c1-3-5-7-9-11-13-15-17-19-21-23-25-27-29-31-32-33-34-35-36-37-38-39-40-41-42-44-46-48-50-52-54-56-58-60-62-64-66-68-70-74(78)75-72(71-76)73(77)69-67-65-63-61-59-57-55-53-51-49-47-45-43-30-28-26-24-22-20-18-16-14-12-10-8-6-4-2/h15,17,21,23,67,69,72-73,76-77H,3-14,16,18-20,22,24-66,68,70-71H2,1-2H3,(H,75,78)/b17-15-,23-21-,69-67+. The van der Waals surface area contributed by atoms with Gasteiger partial charge in [-0.05, 0) is 51.4 Å². The lowest BCUT2D eigenvalue weighted by molar-refractivity contribution is -0.123. The molecule has 0 bridgehead atoms. The second-order valence-corrected chi connectivity index (χ2v) is 25.0. The van der Waals surface area contributed by atoms with Crippen LogP contribution in [-0.4, -0.2) is 34.9 Å². The highest BCUT2D eigenvalue weighted by molar-refractivity contribution is 5.76. The molecule has 4 nitrogen and oxygen atoms in total. The topological polar surface area (TPSA) is 69.6 Å². The molecule has 0 heterocycles. The van der Waals surface area contributed by atoms with Gasteiger partial charge in [0.1, 0.15) is 0 Å². The van der Waals surface area contributed by atoms with Crippen LogP contribution in [0.3, 0.4) is 0 Å². The summed E-state index contributed by atoms with van der Waals surface area (Å²) in [6.45, 7) is 4.35. The maximum absolute atomic E-state index is 12.5. The van der Waals surface area contributed by atoms with E-state index in [4.69, 9.17) is 0 Å². The van der Waals surface area contributed by atoms with Crippen molar-refractivity contribution >= 4 is 5.91 Å². The minimum atomic E-state index is -0.839. The third-order valence-electron chi connectivity index (χ3n) is 17.1. The molecule has 0 aliphatic carbocycles. The van der Waals surface area contributed by atoms with Crippen molar-refractivity contribution in [2.24, 2.45) is 0 Å². The lowest BCUT2D eigenvalue weighted by Gasteiger charge is -2.20. The molecular formula is C74H143NO3. The van der Waals surface area contributed by atoms with E-state index < -0.39 is 12.1 Å². The number of carbonyl (C=O) groups is 1. The maximum Gasteiger partial charge on any atom is 0.220 e. The van der Waals surface area contributed by atoms with E-state index in [1.165, 1.54) is 360 Å². The number of allylic oxidation sites excluding steroid dienone is 5. The Bertz CT molecular complexity index is 1190. The van der Waals surface area contributed by atoms with Crippen molar-refractivity contribution in [2.45, 2.75) is 424 Å². The summed E-state index contributed by atoms with van der Waals surface area (Å²) in [7, 11) is 0. The molecule has 0 radical (unpaired) electrons. The summed E-state index contributed by atoms with van der Waals surface area (Å²) in [6, 6.07) is -0.622. The molecule has 0 aliphatic rings. The van der Waals surface area contributed by atoms with Crippen molar-refractivity contribution in [3.8, 4) is 0 Å². The summed E-state index contributed by atoms with van der Waals surface area (Å²) in [6.07, 6.45) is 96.8. The van der Waals surface area contributed by atoms with E-state index in [2.05, 4.69) is 43.5 Å². The molecule has 1 amide bonds. The van der Waals surface area contributed by atoms with Crippen molar-refractivity contribution in [2.75, 3.05) is 6.61 Å². The first-order valence-corrected chi connectivity index (χ1v) is 36.2. The van der Waals surface area contributed by atoms with E-state index in [-0.39, 0.29) is 12.5 Å². The van der Waals surface area contributed by atoms with Gasteiger partial charge in [-0.2, -0.15) is 0 Å². The summed E-state index contributed by atoms with van der Waals surface area (Å²) in [5, 5.41) is 23.3. The van der Waals surface area contributed by atoms with Gasteiger partial charge in [0.05, 0.1) is 18.8 Å². The molecule has 0 aromatic carbocycles. The van der Waals surface area contributed by atoms with Gasteiger partial charge in [-0.1, -0.05) is 391 Å². The highest BCUT2D eigenvalue weighted by Gasteiger charge is 2.18. The van der Waals surface area contributed by atoms with Crippen LogP contribution in [0.1, 0.15) is 412 Å². The molecule has 462 valence electrons. The fourth-order valence-electron chi connectivity index (χ4n) is 11.6. The number of rotatable bonds is 68. The molecule has 0 rings (SSSR count). The second kappa shape index (κ2) is 69.9. The number of hydrogen-bond donors (Lipinski definition) is 3. The summed E-state index contributed by atoms with van der Waals surface area (Å²) in [4.78, 5) is 12.5. The highest BCUT2D eigenvalue weighted by Crippen LogP contribution is 2.19. The SMILES string of the molecule is CCCCCCC/C=C\C/C=C\CCCCCCCCCCCCCCCCCCCCCCCCCCCCCC(=O)NC(CO)C(O)/C=C/CCCCCCCCCCCCCCCCCCCCCCCCCCC. The number of aliphatic hydroxyl groups is 2. The van der Waals surface area contributed by atoms with Crippen molar-refractivity contribution in [1.82, 2.24) is 5.32 Å². The van der Waals surface area contributed by atoms with Gasteiger partial charge in [-0.15, -0.1) is 0 Å². The van der Waals surface area contributed by atoms with E-state index >= 15 is 0 Å². The van der Waals surface area contributed by atoms with Crippen molar-refractivity contribution in [3.63, 3.8) is 0 Å². The largest absolute Gasteiger partial charge is 0.394 e. The van der Waals surface area contributed by atoms with Crippen LogP contribution >= 0.6 is 0 Å². The van der Waals surface area contributed by atoms with Crippen LogP contribution in [0.2, 0.25) is 0 Å². The van der Waals surface area contributed by atoms with Gasteiger partial charge in [-0.3, -0.25) is 4.79 Å². The molecule has 2 atom stereocenters. The zero-order valence-corrected chi connectivity index (χ0v) is 53.5. The van der Waals surface area contributed by atoms with Gasteiger partial charge in [0, 0.05) is 6.42 Å². The first-order valence-electron chi connectivity index (χ1n) is 36.2. The van der Waals surface area contributed by atoms with Crippen molar-refractivity contribution < 1.29 is 15.0 Å². The van der Waals surface area contributed by atoms with Crippen LogP contribution in [0.4, 0.5) is 0 Å². The summed E-state index contributed by atoms with van der Waals surface area (Å²) in [5.41, 5.74) is 0. The second-order valence-electron chi connectivity index (χ2n) is 25.0. The van der Waals surface area contributed by atoms with Gasteiger partial charge >= 0.3 is 0 Å². The average Bonchev–Trinajstić information content (AvgIpc) is 3.44. The Hall–Kier alpha value is -1.39. The number of nitrogens with one attached hydrogen (secondary N) is 1. The van der Waals surface area contributed by atoms with Crippen LogP contribution in [0.5, 0.6) is 0 Å². The highest BCUT2D eigenvalue weighted by atomic mass is 16.3. The first kappa shape index (κ1) is 76.6. The molecule has 0 saturated heterocycles. The molecular weight excluding hydrogens is 951 g/mol. The first-order chi connectivity index (χ1) is 38.7. The molecule has 4 heteroatoms. The third-order valence-corrected chi connectivity index (χ3v) is 17.1. The Kier molecular flexibility index (Phi) is 68.6. The van der Waals surface area contributed by atoms with Gasteiger partial charge in [0.15, 0.2) is 0 Å². The fourth-order valence-corrected chi connectivity index (χ4v) is 11.6. The van der Waals surface area contributed by atoms with Crippen molar-refractivity contribution in [3.05, 3.63) is 36.5 Å². The van der Waals surface area contributed by atoms with Crippen LogP contribution < -0.4 is 5.32 Å². The monoisotopic (exact) mass is 1090 g/mol. The summed E-state index contributed by atoms with van der Waals surface area (Å²) in [5.74, 6) is -0.0544. The Labute approximate surface area is 491 Å². The van der Waals surface area contributed by atoms with Crippen LogP contribution in [0.25, 0.3) is 0 Å². The normalized spacial score (nSPS) is 12.8. The zero-order valence-electron chi connectivity index (χ0n) is 53.5. The van der Waals surface area contributed by atoms with Gasteiger partial charge in [0.25, 0.3) is 0 Å². The van der Waals surface area contributed by atoms with E-state index in [1.807, 2.05) is 6.08 Å². The number of hydrogen-bond acceptors (Lipinski definition) is 3. The Morgan fingerprint density at radius 2 is 0.526 bits per heavy atom. The van der Waals surface area contributed by atoms with Gasteiger partial charge in [-0.25, -0.2) is 0 Å². The van der Waals surface area contributed by atoms with Crippen LogP contribution in [0, 0.1) is 0 Å². The van der Waals surface area contributed by atoms with E-state index in [1.54, 1.807) is 6.08 Å². The molecule has 2 unspecified atom stereocenters. The fraction of sp³-hybridized carbons (Fsp3) is 0.905. The summed E-state index contributed by atoms with van der Waals surface area (Å²) >= 11 is 0. The van der Waals surface area contributed by atoms with E-state index in [0.29, 0.717) is 6.42 Å². The van der Waals surface area contributed by atoms with Gasteiger partial charge in [0.2, 0.25) is 5.91 Å². The molecule has 3 N–H and O–H groups in total. The number of carbonyl (C=O) groups excluding carboxylic acids is 1.